The molecule has 0 saturated heterocycles. The van der Waals surface area contributed by atoms with Crippen molar-refractivity contribution in [2.75, 3.05) is 11.9 Å². The van der Waals surface area contributed by atoms with E-state index in [1.165, 1.54) is 4.90 Å². The summed E-state index contributed by atoms with van der Waals surface area (Å²) in [4.78, 5) is 15.8. The van der Waals surface area contributed by atoms with Crippen LogP contribution < -0.4 is 4.90 Å². The SMILES string of the molecule is CN1C(=O)C(N=[N+]=[N-])C(F)Cc2ccccc21. The molecule has 1 aliphatic heterocycles. The molecule has 2 atom stereocenters. The Morgan fingerprint density at radius 2 is 2.24 bits per heavy atom. The number of halogens is 1. The van der Waals surface area contributed by atoms with Crippen LogP contribution in [-0.4, -0.2) is 25.2 Å². The highest BCUT2D eigenvalue weighted by atomic mass is 19.1. The van der Waals surface area contributed by atoms with E-state index < -0.39 is 18.1 Å². The number of carbonyl (C=O) groups excluding carboxylic acids is 1. The molecule has 2 rings (SSSR count). The molecular formula is C11H11FN4O. The van der Waals surface area contributed by atoms with Gasteiger partial charge in [-0.05, 0) is 17.2 Å². The van der Waals surface area contributed by atoms with Crippen molar-refractivity contribution in [3.05, 3.63) is 40.3 Å². The fourth-order valence-corrected chi connectivity index (χ4v) is 1.98. The van der Waals surface area contributed by atoms with Crippen LogP contribution in [0.5, 0.6) is 0 Å². The number of anilines is 1. The fourth-order valence-electron chi connectivity index (χ4n) is 1.98. The number of alkyl halides is 1. The monoisotopic (exact) mass is 234 g/mol. The van der Waals surface area contributed by atoms with E-state index in [1.807, 2.05) is 0 Å². The molecule has 1 heterocycles. The van der Waals surface area contributed by atoms with Crippen LogP contribution in [0.2, 0.25) is 0 Å². The van der Waals surface area contributed by atoms with Gasteiger partial charge in [0.05, 0.1) is 0 Å². The van der Waals surface area contributed by atoms with Gasteiger partial charge in [-0.3, -0.25) is 4.79 Å². The van der Waals surface area contributed by atoms with E-state index >= 15 is 0 Å². The lowest BCUT2D eigenvalue weighted by Crippen LogP contribution is -2.38. The van der Waals surface area contributed by atoms with Gasteiger partial charge in [0.25, 0.3) is 0 Å². The van der Waals surface area contributed by atoms with Gasteiger partial charge in [-0.1, -0.05) is 23.3 Å². The largest absolute Gasteiger partial charge is 0.315 e. The van der Waals surface area contributed by atoms with Crippen molar-refractivity contribution in [1.29, 1.82) is 0 Å². The van der Waals surface area contributed by atoms with Crippen molar-refractivity contribution in [2.24, 2.45) is 5.11 Å². The van der Waals surface area contributed by atoms with Crippen LogP contribution in [0, 0.1) is 0 Å². The van der Waals surface area contributed by atoms with Gasteiger partial charge in [0.2, 0.25) is 5.91 Å². The molecular weight excluding hydrogens is 223 g/mol. The Morgan fingerprint density at radius 1 is 1.53 bits per heavy atom. The summed E-state index contributed by atoms with van der Waals surface area (Å²) in [7, 11) is 1.55. The molecule has 88 valence electrons. The number of azide groups is 1. The molecule has 5 nitrogen and oxygen atoms in total. The Bertz CT molecular complexity index is 498. The summed E-state index contributed by atoms with van der Waals surface area (Å²) in [6.07, 6.45) is -1.40. The minimum atomic E-state index is -1.48. The van der Waals surface area contributed by atoms with Gasteiger partial charge in [-0.15, -0.1) is 0 Å². The van der Waals surface area contributed by atoms with Gasteiger partial charge in [0.1, 0.15) is 12.2 Å². The maximum atomic E-state index is 13.9. The maximum absolute atomic E-state index is 13.9. The number of benzene rings is 1. The summed E-state index contributed by atoms with van der Waals surface area (Å²) in [5.74, 6) is -0.514. The van der Waals surface area contributed by atoms with E-state index in [2.05, 4.69) is 10.0 Å². The molecule has 1 aromatic carbocycles. The van der Waals surface area contributed by atoms with Crippen LogP contribution >= 0.6 is 0 Å². The van der Waals surface area contributed by atoms with Gasteiger partial charge >= 0.3 is 0 Å². The Balaban J connectivity index is 2.48. The second-order valence-corrected chi connectivity index (χ2v) is 3.90. The second kappa shape index (κ2) is 4.43. The molecule has 2 unspecified atom stereocenters. The summed E-state index contributed by atoms with van der Waals surface area (Å²) in [5, 5.41) is 3.25. The number of amides is 1. The predicted molar refractivity (Wildman–Crippen MR) is 61.4 cm³/mol. The molecule has 1 amide bonds. The maximum Gasteiger partial charge on any atom is 0.238 e. The molecule has 0 fully saturated rings. The van der Waals surface area contributed by atoms with Crippen molar-refractivity contribution in [3.8, 4) is 0 Å². The van der Waals surface area contributed by atoms with E-state index in [-0.39, 0.29) is 6.42 Å². The van der Waals surface area contributed by atoms with E-state index in [0.717, 1.165) is 5.56 Å². The first-order valence-corrected chi connectivity index (χ1v) is 5.19. The first-order chi connectivity index (χ1) is 8.15. The zero-order chi connectivity index (χ0) is 12.4. The van der Waals surface area contributed by atoms with E-state index in [1.54, 1.807) is 31.3 Å². The van der Waals surface area contributed by atoms with E-state index in [4.69, 9.17) is 5.53 Å². The van der Waals surface area contributed by atoms with Crippen LogP contribution in [0.15, 0.2) is 29.4 Å². The number of para-hydroxylation sites is 1. The first kappa shape index (κ1) is 11.4. The first-order valence-electron chi connectivity index (χ1n) is 5.19. The van der Waals surface area contributed by atoms with Gasteiger partial charge < -0.3 is 4.90 Å². The highest BCUT2D eigenvalue weighted by Crippen LogP contribution is 2.28. The molecule has 0 aromatic heterocycles. The highest BCUT2D eigenvalue weighted by Gasteiger charge is 2.34. The summed E-state index contributed by atoms with van der Waals surface area (Å²) in [5.41, 5.74) is 9.77. The molecule has 6 heteroatoms. The Morgan fingerprint density at radius 3 is 2.94 bits per heavy atom. The molecule has 0 saturated carbocycles. The Hall–Kier alpha value is -2.07. The molecule has 1 aliphatic rings. The molecule has 0 aliphatic carbocycles. The van der Waals surface area contributed by atoms with E-state index in [9.17, 15) is 9.18 Å². The third kappa shape index (κ3) is 1.94. The molecule has 17 heavy (non-hydrogen) atoms. The summed E-state index contributed by atoms with van der Waals surface area (Å²) >= 11 is 0. The van der Waals surface area contributed by atoms with Gasteiger partial charge in [-0.2, -0.15) is 0 Å². The predicted octanol–water partition coefficient (Wildman–Crippen LogP) is 2.22. The smallest absolute Gasteiger partial charge is 0.238 e. The third-order valence-electron chi connectivity index (χ3n) is 2.87. The molecule has 0 bridgehead atoms. The van der Waals surface area contributed by atoms with Crippen LogP contribution in [0.4, 0.5) is 10.1 Å². The summed E-state index contributed by atoms with van der Waals surface area (Å²) in [6.45, 7) is 0. The number of hydrogen-bond donors (Lipinski definition) is 0. The molecule has 1 aromatic rings. The number of nitrogens with zero attached hydrogens (tertiary/aromatic N) is 4. The Labute approximate surface area is 97.5 Å². The second-order valence-electron chi connectivity index (χ2n) is 3.90. The average molecular weight is 234 g/mol. The minimum Gasteiger partial charge on any atom is -0.315 e. The summed E-state index contributed by atoms with van der Waals surface area (Å²) < 4.78 is 13.9. The number of rotatable bonds is 1. The van der Waals surface area contributed by atoms with Crippen molar-refractivity contribution in [2.45, 2.75) is 18.6 Å². The van der Waals surface area contributed by atoms with Gasteiger partial charge in [-0.25, -0.2) is 4.39 Å². The molecule has 0 N–H and O–H groups in total. The standard InChI is InChI=1S/C11H11FN4O/c1-16-9-5-3-2-4-7(9)6-8(12)10(11(16)17)14-15-13/h2-5,8,10H,6H2,1H3. The topological polar surface area (TPSA) is 69.1 Å². The lowest BCUT2D eigenvalue weighted by atomic mass is 10.0. The fraction of sp³-hybridized carbons (Fsp3) is 0.364. The molecule has 0 radical (unpaired) electrons. The van der Waals surface area contributed by atoms with Crippen molar-refractivity contribution >= 4 is 11.6 Å². The normalized spacial score (nSPS) is 23.6. The zero-order valence-corrected chi connectivity index (χ0v) is 9.25. The zero-order valence-electron chi connectivity index (χ0n) is 9.25. The highest BCUT2D eigenvalue weighted by molar-refractivity contribution is 5.98. The van der Waals surface area contributed by atoms with E-state index in [0.29, 0.717) is 5.69 Å². The quantitative estimate of drug-likeness (QED) is 0.417. The number of carbonyl (C=O) groups is 1. The Kier molecular flexibility index (Phi) is 2.97. The van der Waals surface area contributed by atoms with Crippen LogP contribution in [0.25, 0.3) is 10.4 Å². The number of hydrogen-bond acceptors (Lipinski definition) is 2. The van der Waals surface area contributed by atoms with Crippen LogP contribution in [-0.2, 0) is 11.2 Å². The van der Waals surface area contributed by atoms with Crippen molar-refractivity contribution < 1.29 is 9.18 Å². The molecule has 0 spiro atoms. The van der Waals surface area contributed by atoms with Crippen molar-refractivity contribution in [1.82, 2.24) is 0 Å². The third-order valence-corrected chi connectivity index (χ3v) is 2.87. The lowest BCUT2D eigenvalue weighted by molar-refractivity contribution is -0.120. The number of fused-ring (bicyclic) bond motifs is 1. The summed E-state index contributed by atoms with van der Waals surface area (Å²) in [6, 6.07) is 5.81. The minimum absolute atomic E-state index is 0.0793. The van der Waals surface area contributed by atoms with Crippen LogP contribution in [0.1, 0.15) is 5.56 Å². The van der Waals surface area contributed by atoms with Gasteiger partial charge in [0, 0.05) is 24.1 Å². The van der Waals surface area contributed by atoms with Crippen LogP contribution in [0.3, 0.4) is 0 Å². The number of likely N-dealkylation sites (N-methyl/N-ethyl adjacent to an activating group) is 1. The average Bonchev–Trinajstić information content (AvgIpc) is 2.42. The van der Waals surface area contributed by atoms with Crippen molar-refractivity contribution in [3.63, 3.8) is 0 Å². The lowest BCUT2D eigenvalue weighted by Gasteiger charge is -2.19. The van der Waals surface area contributed by atoms with Gasteiger partial charge in [0.15, 0.2) is 0 Å².